The highest BCUT2D eigenvalue weighted by molar-refractivity contribution is 5.84. The molecule has 0 amide bonds. The van der Waals surface area contributed by atoms with Gasteiger partial charge in [0.1, 0.15) is 17.4 Å². The van der Waals surface area contributed by atoms with Gasteiger partial charge in [0.25, 0.3) is 0 Å². The molecule has 2 N–H and O–H groups in total. The minimum absolute atomic E-state index is 0.0720. The van der Waals surface area contributed by atoms with Crippen molar-refractivity contribution in [1.29, 1.82) is 0 Å². The molecule has 4 heterocycles. The largest absolute Gasteiger partial charge is 0.489 e. The van der Waals surface area contributed by atoms with Crippen LogP contribution >= 0.6 is 0 Å². The minimum Gasteiger partial charge on any atom is -0.489 e. The maximum absolute atomic E-state index is 6.34. The van der Waals surface area contributed by atoms with Crippen LogP contribution in [-0.2, 0) is 7.05 Å². The zero-order valence-electron chi connectivity index (χ0n) is 18.0. The molecule has 3 aromatic rings. The molecule has 162 valence electrons. The molecule has 9 heteroatoms. The minimum atomic E-state index is -0.0720. The summed E-state index contributed by atoms with van der Waals surface area (Å²) < 4.78 is 13.4. The highest BCUT2D eigenvalue weighted by atomic mass is 16.5. The molecule has 0 radical (unpaired) electrons. The van der Waals surface area contributed by atoms with E-state index in [2.05, 4.69) is 26.9 Å². The molecule has 1 aliphatic carbocycles. The zero-order valence-corrected chi connectivity index (χ0v) is 18.0. The average molecular weight is 422 g/mol. The number of hydrogen-bond acceptors (Lipinski definition) is 8. The van der Waals surface area contributed by atoms with Crippen molar-refractivity contribution in [3.63, 3.8) is 0 Å². The van der Waals surface area contributed by atoms with E-state index >= 15 is 0 Å². The molecule has 1 unspecified atom stereocenters. The topological polar surface area (TPSA) is 89.4 Å². The number of ether oxygens (including phenoxy) is 2. The van der Waals surface area contributed by atoms with Gasteiger partial charge in [-0.1, -0.05) is 6.07 Å². The van der Waals surface area contributed by atoms with Crippen molar-refractivity contribution in [3.8, 4) is 11.6 Å². The predicted molar refractivity (Wildman–Crippen MR) is 118 cm³/mol. The first-order valence-electron chi connectivity index (χ1n) is 10.6. The van der Waals surface area contributed by atoms with Crippen molar-refractivity contribution in [2.75, 3.05) is 19.5 Å². The van der Waals surface area contributed by atoms with E-state index in [-0.39, 0.29) is 12.1 Å². The van der Waals surface area contributed by atoms with Crippen LogP contribution in [0.15, 0.2) is 42.4 Å². The molecular weight excluding hydrogens is 394 g/mol. The Hall–Kier alpha value is -3.33. The lowest BCUT2D eigenvalue weighted by Crippen LogP contribution is -2.32. The second kappa shape index (κ2) is 8.07. The van der Waals surface area contributed by atoms with Gasteiger partial charge in [-0.05, 0) is 37.8 Å². The lowest BCUT2D eigenvalue weighted by atomic mass is 10.2. The van der Waals surface area contributed by atoms with Gasteiger partial charge in [0.05, 0.1) is 36.5 Å². The van der Waals surface area contributed by atoms with Crippen molar-refractivity contribution < 1.29 is 9.47 Å². The standard InChI is InChI=1S/C22H27N7O2/c1-28-20(11-17(27-28)16-9-6-10-21(24-16)30-3)25-19-12-18(31-14-7-4-5-8-14)15-13-23-29(2)22(15)26-19/h6,9-14,17,27H,4-5,7-8H2,1-3H3,(H,25,26). The van der Waals surface area contributed by atoms with Crippen LogP contribution in [0, 0.1) is 0 Å². The molecule has 1 saturated carbocycles. The van der Waals surface area contributed by atoms with Crippen molar-refractivity contribution in [2.24, 2.45) is 7.05 Å². The van der Waals surface area contributed by atoms with Crippen molar-refractivity contribution in [2.45, 2.75) is 37.8 Å². The van der Waals surface area contributed by atoms with Crippen molar-refractivity contribution >= 4 is 16.9 Å². The predicted octanol–water partition coefficient (Wildman–Crippen LogP) is 3.14. The number of nitrogens with zero attached hydrogens (tertiary/aromatic N) is 5. The summed E-state index contributed by atoms with van der Waals surface area (Å²) in [5, 5.41) is 10.7. The fourth-order valence-electron chi connectivity index (χ4n) is 4.14. The second-order valence-corrected chi connectivity index (χ2v) is 7.98. The number of aryl methyl sites for hydroxylation is 1. The molecule has 5 rings (SSSR count). The summed E-state index contributed by atoms with van der Waals surface area (Å²) in [5.74, 6) is 3.01. The molecule has 0 aromatic carbocycles. The van der Waals surface area contributed by atoms with Gasteiger partial charge in [0.2, 0.25) is 5.88 Å². The van der Waals surface area contributed by atoms with Gasteiger partial charge >= 0.3 is 0 Å². The van der Waals surface area contributed by atoms with Crippen molar-refractivity contribution in [3.05, 3.63) is 48.1 Å². The summed E-state index contributed by atoms with van der Waals surface area (Å²) in [6, 6.07) is 7.64. The van der Waals surface area contributed by atoms with Crippen LogP contribution in [0.2, 0.25) is 0 Å². The van der Waals surface area contributed by atoms with E-state index in [0.717, 1.165) is 41.1 Å². The van der Waals surface area contributed by atoms with Gasteiger partial charge < -0.3 is 14.8 Å². The van der Waals surface area contributed by atoms with Crippen LogP contribution in [0.3, 0.4) is 0 Å². The van der Waals surface area contributed by atoms with Gasteiger partial charge in [0.15, 0.2) is 5.65 Å². The Morgan fingerprint density at radius 3 is 2.81 bits per heavy atom. The van der Waals surface area contributed by atoms with Crippen LogP contribution in [0.5, 0.6) is 11.6 Å². The smallest absolute Gasteiger partial charge is 0.213 e. The SMILES string of the molecule is COc1cccc(C2C=C(Nc3cc(OC4CCCC4)c4cnn(C)c4n3)N(C)N2)n1. The first kappa shape index (κ1) is 19.6. The van der Waals surface area contributed by atoms with Gasteiger partial charge in [-0.15, -0.1) is 0 Å². The molecule has 0 spiro atoms. The Labute approximate surface area is 181 Å². The van der Waals surface area contributed by atoms with Crippen LogP contribution in [0.1, 0.15) is 37.4 Å². The van der Waals surface area contributed by atoms with Crippen LogP contribution in [0.25, 0.3) is 11.0 Å². The van der Waals surface area contributed by atoms with Crippen LogP contribution in [-0.4, -0.2) is 45.0 Å². The van der Waals surface area contributed by atoms with E-state index in [1.807, 2.05) is 49.6 Å². The number of hydrazine groups is 1. The maximum atomic E-state index is 6.34. The van der Waals surface area contributed by atoms with Gasteiger partial charge in [-0.25, -0.2) is 15.4 Å². The molecule has 1 aliphatic heterocycles. The molecule has 3 aromatic heterocycles. The molecule has 1 atom stereocenters. The molecule has 9 nitrogen and oxygen atoms in total. The van der Waals surface area contributed by atoms with E-state index in [1.165, 1.54) is 12.8 Å². The molecule has 0 bridgehead atoms. The Bertz CT molecular complexity index is 1120. The van der Waals surface area contributed by atoms with E-state index in [0.29, 0.717) is 11.7 Å². The van der Waals surface area contributed by atoms with E-state index in [9.17, 15) is 0 Å². The third kappa shape index (κ3) is 3.88. The van der Waals surface area contributed by atoms with Gasteiger partial charge in [0, 0.05) is 26.2 Å². The number of methoxy groups -OCH3 is 1. The van der Waals surface area contributed by atoms with Crippen LogP contribution in [0.4, 0.5) is 5.82 Å². The summed E-state index contributed by atoms with van der Waals surface area (Å²) in [7, 11) is 5.47. The number of anilines is 1. The normalized spacial score (nSPS) is 19.1. The van der Waals surface area contributed by atoms with E-state index in [4.69, 9.17) is 14.5 Å². The molecule has 1 fully saturated rings. The van der Waals surface area contributed by atoms with Gasteiger partial charge in [-0.2, -0.15) is 5.10 Å². The Kier molecular flexibility index (Phi) is 5.11. The fourth-order valence-corrected chi connectivity index (χ4v) is 4.14. The molecular formula is C22H27N7O2. The third-order valence-electron chi connectivity index (χ3n) is 5.81. The molecule has 2 aliphatic rings. The number of rotatable bonds is 6. The summed E-state index contributed by atoms with van der Waals surface area (Å²) in [4.78, 5) is 9.31. The number of hydrogen-bond donors (Lipinski definition) is 2. The van der Waals surface area contributed by atoms with Crippen molar-refractivity contribution in [1.82, 2.24) is 30.2 Å². The fraction of sp³-hybridized carbons (Fsp3) is 0.409. The summed E-state index contributed by atoms with van der Waals surface area (Å²) in [5.41, 5.74) is 5.06. The lowest BCUT2D eigenvalue weighted by Gasteiger charge is -2.20. The van der Waals surface area contributed by atoms with Crippen LogP contribution < -0.4 is 20.2 Å². The average Bonchev–Trinajstić information content (AvgIpc) is 3.51. The number of nitrogens with one attached hydrogen (secondary N) is 2. The lowest BCUT2D eigenvalue weighted by molar-refractivity contribution is 0.213. The third-order valence-corrected chi connectivity index (χ3v) is 5.81. The first-order chi connectivity index (χ1) is 15.1. The summed E-state index contributed by atoms with van der Waals surface area (Å²) >= 11 is 0. The monoisotopic (exact) mass is 421 g/mol. The highest BCUT2D eigenvalue weighted by Gasteiger charge is 2.24. The summed E-state index contributed by atoms with van der Waals surface area (Å²) in [6.07, 6.45) is 8.80. The molecule has 31 heavy (non-hydrogen) atoms. The Morgan fingerprint density at radius 1 is 1.16 bits per heavy atom. The summed E-state index contributed by atoms with van der Waals surface area (Å²) in [6.45, 7) is 0. The number of pyridine rings is 2. The zero-order chi connectivity index (χ0) is 21.4. The molecule has 0 saturated heterocycles. The number of aromatic nitrogens is 4. The maximum Gasteiger partial charge on any atom is 0.213 e. The Morgan fingerprint density at radius 2 is 2.00 bits per heavy atom. The van der Waals surface area contributed by atoms with E-state index < -0.39 is 0 Å². The van der Waals surface area contributed by atoms with E-state index in [1.54, 1.807) is 11.8 Å². The highest BCUT2D eigenvalue weighted by Crippen LogP contribution is 2.32. The first-order valence-corrected chi connectivity index (χ1v) is 10.6. The van der Waals surface area contributed by atoms with Gasteiger partial charge in [-0.3, -0.25) is 9.69 Å². The number of fused-ring (bicyclic) bond motifs is 1. The second-order valence-electron chi connectivity index (χ2n) is 7.98. The Balaban J connectivity index is 1.43. The quantitative estimate of drug-likeness (QED) is 0.628.